The fraction of sp³-hybridized carbons (Fsp3) is 0.591. The topological polar surface area (TPSA) is 105 Å². The molecule has 0 bridgehead atoms. The van der Waals surface area contributed by atoms with Crippen LogP contribution in [0.1, 0.15) is 47.2 Å². The second-order valence-corrected chi connectivity index (χ2v) is 9.09. The zero-order valence-corrected chi connectivity index (χ0v) is 17.1. The molecule has 8 nitrogen and oxygen atoms in total. The number of rotatable bonds is 3. The Morgan fingerprint density at radius 1 is 1.20 bits per heavy atom. The van der Waals surface area contributed by atoms with Gasteiger partial charge in [-0.15, -0.1) is 0 Å². The van der Waals surface area contributed by atoms with Gasteiger partial charge in [0.25, 0.3) is 5.91 Å². The zero-order valence-electron chi connectivity index (χ0n) is 17.1. The van der Waals surface area contributed by atoms with Crippen molar-refractivity contribution in [3.05, 3.63) is 34.9 Å². The monoisotopic (exact) mass is 412 g/mol. The summed E-state index contributed by atoms with van der Waals surface area (Å²) < 4.78 is 5.54. The first-order chi connectivity index (χ1) is 14.5. The highest BCUT2D eigenvalue weighted by atomic mass is 16.5. The molecule has 5 rings (SSSR count). The van der Waals surface area contributed by atoms with E-state index in [9.17, 15) is 14.4 Å². The maximum Gasteiger partial charge on any atom is 0.255 e. The molecular weight excluding hydrogens is 384 g/mol. The van der Waals surface area contributed by atoms with E-state index in [0.29, 0.717) is 18.5 Å². The van der Waals surface area contributed by atoms with Crippen LogP contribution in [0.4, 0.5) is 0 Å². The minimum absolute atomic E-state index is 0.125. The van der Waals surface area contributed by atoms with Crippen molar-refractivity contribution < 1.29 is 19.1 Å². The molecule has 4 heterocycles. The predicted molar refractivity (Wildman–Crippen MR) is 108 cm³/mol. The van der Waals surface area contributed by atoms with Gasteiger partial charge in [-0.05, 0) is 36.5 Å². The summed E-state index contributed by atoms with van der Waals surface area (Å²) in [6.45, 7) is 4.50. The van der Waals surface area contributed by atoms with E-state index < -0.39 is 6.04 Å². The first kappa shape index (κ1) is 19.7. The third-order valence-corrected chi connectivity index (χ3v) is 7.34. The molecule has 3 fully saturated rings. The number of amides is 3. The number of ether oxygens (including phenoxy) is 1. The number of nitrogens with one attached hydrogen (secondary N) is 1. The number of carbonyl (C=O) groups is 3. The van der Waals surface area contributed by atoms with Crippen molar-refractivity contribution in [2.75, 3.05) is 26.3 Å². The lowest BCUT2D eigenvalue weighted by Gasteiger charge is -2.36. The lowest BCUT2D eigenvalue weighted by Crippen LogP contribution is -2.52. The molecule has 0 saturated carbocycles. The van der Waals surface area contributed by atoms with E-state index in [4.69, 9.17) is 10.5 Å². The summed E-state index contributed by atoms with van der Waals surface area (Å²) in [5.41, 5.74) is 9.45. The van der Waals surface area contributed by atoms with Crippen molar-refractivity contribution >= 4 is 17.7 Å². The van der Waals surface area contributed by atoms with Gasteiger partial charge in [0.1, 0.15) is 6.04 Å². The molecule has 3 saturated heterocycles. The highest BCUT2D eigenvalue weighted by Gasteiger charge is 2.46. The van der Waals surface area contributed by atoms with Crippen LogP contribution in [0.2, 0.25) is 0 Å². The molecule has 3 amide bonds. The van der Waals surface area contributed by atoms with Gasteiger partial charge >= 0.3 is 0 Å². The normalized spacial score (nSPS) is 28.8. The van der Waals surface area contributed by atoms with Crippen LogP contribution in [-0.2, 0) is 27.4 Å². The van der Waals surface area contributed by atoms with Gasteiger partial charge in [-0.25, -0.2) is 0 Å². The van der Waals surface area contributed by atoms with Crippen LogP contribution >= 0.6 is 0 Å². The number of nitrogens with two attached hydrogens (primary N) is 1. The van der Waals surface area contributed by atoms with Crippen molar-refractivity contribution in [2.45, 2.75) is 50.9 Å². The van der Waals surface area contributed by atoms with Crippen molar-refractivity contribution in [3.63, 3.8) is 0 Å². The largest absolute Gasteiger partial charge is 0.381 e. The number of hydrogen-bond donors (Lipinski definition) is 2. The lowest BCUT2D eigenvalue weighted by molar-refractivity contribution is -0.136. The summed E-state index contributed by atoms with van der Waals surface area (Å²) in [6, 6.07) is 5.38. The fourth-order valence-electron chi connectivity index (χ4n) is 5.57. The SMILES string of the molecule is NC1CN(Cc2cccc3c2CN(C2CCC(=O)NC2=O)C3=O)CC12CCOCC2. The lowest BCUT2D eigenvalue weighted by atomic mass is 9.76. The molecule has 160 valence electrons. The van der Waals surface area contributed by atoms with Crippen LogP contribution in [-0.4, -0.2) is 65.9 Å². The quantitative estimate of drug-likeness (QED) is 0.696. The van der Waals surface area contributed by atoms with Gasteiger partial charge in [0.05, 0.1) is 0 Å². The Labute approximate surface area is 175 Å². The molecule has 0 radical (unpaired) electrons. The Kier molecular flexibility index (Phi) is 4.88. The Hall–Kier alpha value is -2.29. The molecular formula is C22H28N4O4. The van der Waals surface area contributed by atoms with Crippen LogP contribution in [0, 0.1) is 5.41 Å². The van der Waals surface area contributed by atoms with Crippen LogP contribution in [0.15, 0.2) is 18.2 Å². The van der Waals surface area contributed by atoms with Crippen LogP contribution < -0.4 is 11.1 Å². The smallest absolute Gasteiger partial charge is 0.255 e. The maximum atomic E-state index is 13.0. The van der Waals surface area contributed by atoms with Gasteiger partial charge in [0.2, 0.25) is 11.8 Å². The summed E-state index contributed by atoms with van der Waals surface area (Å²) in [4.78, 5) is 40.8. The predicted octanol–water partition coefficient (Wildman–Crippen LogP) is 0.387. The molecule has 1 spiro atoms. The summed E-state index contributed by atoms with van der Waals surface area (Å²) in [7, 11) is 0. The molecule has 2 atom stereocenters. The van der Waals surface area contributed by atoms with Crippen molar-refractivity contribution in [1.82, 2.24) is 15.1 Å². The van der Waals surface area contributed by atoms with Crippen LogP contribution in [0.3, 0.4) is 0 Å². The zero-order chi connectivity index (χ0) is 20.9. The van der Waals surface area contributed by atoms with E-state index in [0.717, 1.165) is 56.8 Å². The van der Waals surface area contributed by atoms with Gasteiger partial charge in [-0.1, -0.05) is 12.1 Å². The van der Waals surface area contributed by atoms with E-state index in [1.165, 1.54) is 0 Å². The number of carbonyl (C=O) groups excluding carboxylic acids is 3. The summed E-state index contributed by atoms with van der Waals surface area (Å²) in [6.07, 6.45) is 2.64. The highest BCUT2D eigenvalue weighted by molar-refractivity contribution is 6.05. The molecule has 1 aromatic carbocycles. The standard InChI is InChI=1S/C22H28N4O4/c23-18-12-25(13-22(18)6-8-30-9-7-22)10-14-2-1-3-15-16(14)11-26(21(15)29)17-4-5-19(27)24-20(17)28/h1-3,17-18H,4-13,23H2,(H,24,27,28). The second kappa shape index (κ2) is 7.44. The Morgan fingerprint density at radius 3 is 2.77 bits per heavy atom. The third kappa shape index (κ3) is 3.23. The summed E-state index contributed by atoms with van der Waals surface area (Å²) >= 11 is 0. The number of fused-ring (bicyclic) bond motifs is 1. The number of piperidine rings is 1. The second-order valence-electron chi connectivity index (χ2n) is 9.09. The molecule has 8 heteroatoms. The summed E-state index contributed by atoms with van der Waals surface area (Å²) in [5, 5.41) is 2.36. The van der Waals surface area contributed by atoms with E-state index in [-0.39, 0.29) is 35.6 Å². The van der Waals surface area contributed by atoms with Crippen molar-refractivity contribution in [1.29, 1.82) is 0 Å². The minimum atomic E-state index is -0.582. The number of benzene rings is 1. The molecule has 0 aromatic heterocycles. The molecule has 0 aliphatic carbocycles. The van der Waals surface area contributed by atoms with E-state index >= 15 is 0 Å². The molecule has 3 N–H and O–H groups in total. The Bertz CT molecular complexity index is 895. The van der Waals surface area contributed by atoms with Gasteiger partial charge in [0.15, 0.2) is 0 Å². The van der Waals surface area contributed by atoms with Crippen molar-refractivity contribution in [2.24, 2.45) is 11.1 Å². The number of hydrogen-bond acceptors (Lipinski definition) is 6. The van der Waals surface area contributed by atoms with E-state index in [2.05, 4.69) is 16.3 Å². The average Bonchev–Trinajstić information content (AvgIpc) is 3.20. The molecule has 1 aromatic rings. The van der Waals surface area contributed by atoms with Gasteiger partial charge in [-0.3, -0.25) is 24.6 Å². The maximum absolute atomic E-state index is 13.0. The number of nitrogens with zero attached hydrogens (tertiary/aromatic N) is 2. The van der Waals surface area contributed by atoms with Crippen LogP contribution in [0.5, 0.6) is 0 Å². The number of likely N-dealkylation sites (tertiary alicyclic amines) is 1. The average molecular weight is 412 g/mol. The van der Waals surface area contributed by atoms with E-state index in [1.54, 1.807) is 4.90 Å². The van der Waals surface area contributed by atoms with Gasteiger partial charge in [-0.2, -0.15) is 0 Å². The fourth-order valence-corrected chi connectivity index (χ4v) is 5.57. The molecule has 30 heavy (non-hydrogen) atoms. The first-order valence-corrected chi connectivity index (χ1v) is 10.8. The minimum Gasteiger partial charge on any atom is -0.381 e. The van der Waals surface area contributed by atoms with Crippen molar-refractivity contribution in [3.8, 4) is 0 Å². The summed E-state index contributed by atoms with van der Waals surface area (Å²) in [5.74, 6) is -0.769. The highest BCUT2D eigenvalue weighted by Crippen LogP contribution is 2.40. The first-order valence-electron chi connectivity index (χ1n) is 10.8. The molecule has 2 unspecified atom stereocenters. The Balaban J connectivity index is 1.34. The van der Waals surface area contributed by atoms with Gasteiger partial charge < -0.3 is 15.4 Å². The molecule has 4 aliphatic heterocycles. The van der Waals surface area contributed by atoms with Crippen LogP contribution in [0.25, 0.3) is 0 Å². The van der Waals surface area contributed by atoms with E-state index in [1.807, 2.05) is 12.1 Å². The van der Waals surface area contributed by atoms with Gasteiger partial charge in [0, 0.05) is 62.8 Å². The third-order valence-electron chi connectivity index (χ3n) is 7.34. The number of imide groups is 1. The Morgan fingerprint density at radius 2 is 2.00 bits per heavy atom. The molecule has 4 aliphatic rings.